The third-order valence-electron chi connectivity index (χ3n) is 2.87. The van der Waals surface area contributed by atoms with Gasteiger partial charge in [0.2, 0.25) is 5.82 Å². The van der Waals surface area contributed by atoms with Crippen molar-refractivity contribution in [1.82, 2.24) is 9.88 Å². The predicted octanol–water partition coefficient (Wildman–Crippen LogP) is 2.76. The van der Waals surface area contributed by atoms with E-state index in [0.29, 0.717) is 18.7 Å². The molecule has 1 aromatic carbocycles. The lowest BCUT2D eigenvalue weighted by molar-refractivity contribution is -0.387. The van der Waals surface area contributed by atoms with Crippen LogP contribution in [0.3, 0.4) is 0 Å². The Kier molecular flexibility index (Phi) is 4.37. The van der Waals surface area contributed by atoms with Crippen molar-refractivity contribution in [2.75, 3.05) is 7.05 Å². The van der Waals surface area contributed by atoms with Gasteiger partial charge < -0.3 is 0 Å². The van der Waals surface area contributed by atoms with Crippen LogP contribution in [0.5, 0.6) is 0 Å². The number of nitro groups is 1. The molecule has 0 fully saturated rings. The average molecular weight is 275 g/mol. The summed E-state index contributed by atoms with van der Waals surface area (Å²) in [6, 6.07) is 7.97. The van der Waals surface area contributed by atoms with Gasteiger partial charge >= 0.3 is 5.69 Å². The zero-order valence-corrected chi connectivity index (χ0v) is 11.0. The second-order valence-corrected chi connectivity index (χ2v) is 4.54. The summed E-state index contributed by atoms with van der Waals surface area (Å²) in [5, 5.41) is 10.7. The highest BCUT2D eigenvalue weighted by atomic mass is 19.1. The monoisotopic (exact) mass is 275 g/mol. The number of hydrogen-bond donors (Lipinski definition) is 0. The second kappa shape index (κ2) is 6.21. The Balaban J connectivity index is 2.10. The fraction of sp³-hybridized carbons (Fsp3) is 0.214. The molecule has 0 spiro atoms. The van der Waals surface area contributed by atoms with Crippen molar-refractivity contribution in [3.05, 3.63) is 69.8 Å². The number of aromatic nitrogens is 1. The Labute approximate surface area is 115 Å². The van der Waals surface area contributed by atoms with E-state index in [-0.39, 0.29) is 0 Å². The summed E-state index contributed by atoms with van der Waals surface area (Å²) in [4.78, 5) is 15.9. The molecular formula is C14H14FN3O2. The van der Waals surface area contributed by atoms with Crippen molar-refractivity contribution >= 4 is 5.69 Å². The molecule has 0 aliphatic carbocycles. The van der Waals surface area contributed by atoms with Gasteiger partial charge in [-0.2, -0.15) is 4.39 Å². The summed E-state index contributed by atoms with van der Waals surface area (Å²) in [5.41, 5.74) is 0.823. The van der Waals surface area contributed by atoms with Crippen molar-refractivity contribution < 1.29 is 9.31 Å². The summed E-state index contributed by atoms with van der Waals surface area (Å²) < 4.78 is 13.9. The van der Waals surface area contributed by atoms with Crippen LogP contribution < -0.4 is 0 Å². The topological polar surface area (TPSA) is 59.3 Å². The van der Waals surface area contributed by atoms with Crippen molar-refractivity contribution in [1.29, 1.82) is 0 Å². The normalized spacial score (nSPS) is 10.8. The van der Waals surface area contributed by atoms with Crippen LogP contribution in [0, 0.1) is 15.9 Å². The summed E-state index contributed by atoms with van der Waals surface area (Å²) in [7, 11) is 1.82. The van der Waals surface area contributed by atoms with Gasteiger partial charge in [-0.05, 0) is 18.7 Å². The highest BCUT2D eigenvalue weighted by molar-refractivity contribution is 5.36. The van der Waals surface area contributed by atoms with Crippen LogP contribution in [0.15, 0.2) is 42.7 Å². The van der Waals surface area contributed by atoms with Crippen molar-refractivity contribution in [3.63, 3.8) is 0 Å². The minimum absolute atomic E-state index is 0.294. The molecule has 0 saturated carbocycles. The first-order valence-electron chi connectivity index (χ1n) is 6.07. The molecule has 1 aromatic heterocycles. The van der Waals surface area contributed by atoms with Crippen molar-refractivity contribution in [2.24, 2.45) is 0 Å². The number of nitrogens with zero attached hydrogens (tertiary/aromatic N) is 3. The molecule has 1 heterocycles. The maximum atomic E-state index is 13.9. The molecule has 20 heavy (non-hydrogen) atoms. The number of benzene rings is 1. The molecule has 0 aliphatic rings. The molecule has 0 radical (unpaired) electrons. The van der Waals surface area contributed by atoms with Crippen LogP contribution in [0.25, 0.3) is 0 Å². The number of nitro benzene ring substituents is 1. The maximum absolute atomic E-state index is 13.9. The molecule has 6 heteroatoms. The van der Waals surface area contributed by atoms with Crippen LogP contribution in [0.1, 0.15) is 11.1 Å². The molecule has 2 aromatic rings. The van der Waals surface area contributed by atoms with Crippen LogP contribution in [0.2, 0.25) is 0 Å². The van der Waals surface area contributed by atoms with E-state index in [1.165, 1.54) is 12.1 Å². The first-order chi connectivity index (χ1) is 9.58. The second-order valence-electron chi connectivity index (χ2n) is 4.54. The van der Waals surface area contributed by atoms with E-state index in [1.807, 2.05) is 24.1 Å². The van der Waals surface area contributed by atoms with Crippen molar-refractivity contribution in [3.8, 4) is 0 Å². The largest absolute Gasteiger partial charge is 0.305 e. The Morgan fingerprint density at radius 3 is 2.75 bits per heavy atom. The quantitative estimate of drug-likeness (QED) is 0.622. The number of hydrogen-bond acceptors (Lipinski definition) is 4. The first-order valence-corrected chi connectivity index (χ1v) is 6.07. The molecule has 0 unspecified atom stereocenters. The third-order valence-corrected chi connectivity index (χ3v) is 2.87. The first kappa shape index (κ1) is 14.1. The fourth-order valence-corrected chi connectivity index (χ4v) is 1.98. The molecule has 5 nitrogen and oxygen atoms in total. The average Bonchev–Trinajstić information content (AvgIpc) is 2.42. The van der Waals surface area contributed by atoms with Gasteiger partial charge in [-0.25, -0.2) is 0 Å². The molecule has 0 bridgehead atoms. The van der Waals surface area contributed by atoms with Gasteiger partial charge in [-0.3, -0.25) is 20.0 Å². The number of halogens is 1. The van der Waals surface area contributed by atoms with Gasteiger partial charge in [0.25, 0.3) is 0 Å². The highest BCUT2D eigenvalue weighted by Crippen LogP contribution is 2.21. The minimum atomic E-state index is -0.768. The molecule has 0 saturated heterocycles. The lowest BCUT2D eigenvalue weighted by Crippen LogP contribution is -2.18. The number of pyridine rings is 1. The lowest BCUT2D eigenvalue weighted by Gasteiger charge is -2.16. The zero-order chi connectivity index (χ0) is 14.5. The molecule has 0 amide bonds. The third kappa shape index (κ3) is 3.36. The van der Waals surface area contributed by atoms with E-state index < -0.39 is 16.4 Å². The van der Waals surface area contributed by atoms with Gasteiger partial charge in [0.1, 0.15) is 0 Å². The van der Waals surface area contributed by atoms with E-state index >= 15 is 0 Å². The molecule has 0 N–H and O–H groups in total. The van der Waals surface area contributed by atoms with Gasteiger partial charge in [-0.1, -0.05) is 18.2 Å². The minimum Gasteiger partial charge on any atom is -0.298 e. The van der Waals surface area contributed by atoms with Crippen LogP contribution in [-0.4, -0.2) is 21.9 Å². The molecule has 2 rings (SSSR count). The smallest absolute Gasteiger partial charge is 0.298 e. The van der Waals surface area contributed by atoms with E-state index in [1.54, 1.807) is 18.5 Å². The van der Waals surface area contributed by atoms with Gasteiger partial charge in [-0.15, -0.1) is 0 Å². The Hall–Kier alpha value is -2.34. The van der Waals surface area contributed by atoms with Crippen molar-refractivity contribution in [2.45, 2.75) is 13.1 Å². The van der Waals surface area contributed by atoms with Gasteiger partial charge in [0, 0.05) is 37.1 Å². The van der Waals surface area contributed by atoms with Crippen LogP contribution >= 0.6 is 0 Å². The van der Waals surface area contributed by atoms with E-state index in [2.05, 4.69) is 4.98 Å². The Morgan fingerprint density at radius 2 is 2.10 bits per heavy atom. The molecule has 104 valence electrons. The summed E-state index contributed by atoms with van der Waals surface area (Å²) in [6.07, 6.45) is 3.42. The standard InChI is InChI=1S/C14H14FN3O2/c1-17(9-11-4-3-7-16-8-11)10-12-5-2-6-13(14(12)15)18(19)20/h2-8H,9-10H2,1H3. The lowest BCUT2D eigenvalue weighted by atomic mass is 10.1. The predicted molar refractivity (Wildman–Crippen MR) is 72.5 cm³/mol. The molecule has 0 aliphatic heterocycles. The summed E-state index contributed by atoms with van der Waals surface area (Å²) >= 11 is 0. The van der Waals surface area contributed by atoms with Crippen LogP contribution in [0.4, 0.5) is 10.1 Å². The van der Waals surface area contributed by atoms with E-state index in [4.69, 9.17) is 0 Å². The van der Waals surface area contributed by atoms with E-state index in [0.717, 1.165) is 5.56 Å². The van der Waals surface area contributed by atoms with E-state index in [9.17, 15) is 14.5 Å². The Morgan fingerprint density at radius 1 is 1.30 bits per heavy atom. The fourth-order valence-electron chi connectivity index (χ4n) is 1.98. The van der Waals surface area contributed by atoms with Crippen LogP contribution in [-0.2, 0) is 13.1 Å². The zero-order valence-electron chi connectivity index (χ0n) is 11.0. The Bertz CT molecular complexity index is 605. The van der Waals surface area contributed by atoms with Gasteiger partial charge in [0.05, 0.1) is 4.92 Å². The number of rotatable bonds is 5. The SMILES string of the molecule is CN(Cc1cccnc1)Cc1cccc([N+](=O)[O-])c1F. The highest BCUT2D eigenvalue weighted by Gasteiger charge is 2.17. The molecular weight excluding hydrogens is 261 g/mol. The summed E-state index contributed by atoms with van der Waals surface area (Å²) in [5.74, 6) is -0.768. The maximum Gasteiger partial charge on any atom is 0.305 e. The van der Waals surface area contributed by atoms with Gasteiger partial charge in [0.15, 0.2) is 0 Å². The molecule has 0 atom stereocenters. The summed E-state index contributed by atoms with van der Waals surface area (Å²) in [6.45, 7) is 0.887.